The molecule has 2 N–H and O–H groups in total. The van der Waals surface area contributed by atoms with E-state index in [-0.39, 0.29) is 17.6 Å². The summed E-state index contributed by atoms with van der Waals surface area (Å²) < 4.78 is 0.952. The Labute approximate surface area is 178 Å². The van der Waals surface area contributed by atoms with Gasteiger partial charge in [-0.05, 0) is 49.1 Å². The molecule has 2 aliphatic rings. The van der Waals surface area contributed by atoms with Crippen molar-refractivity contribution in [2.24, 2.45) is 5.92 Å². The number of hydrogen-bond donors (Lipinski definition) is 2. The first kappa shape index (κ1) is 19.6. The molecule has 4 rings (SSSR count). The molecule has 6 heteroatoms. The van der Waals surface area contributed by atoms with E-state index in [1.165, 1.54) is 0 Å². The summed E-state index contributed by atoms with van der Waals surface area (Å²) in [7, 11) is 0. The van der Waals surface area contributed by atoms with Crippen molar-refractivity contribution in [1.29, 1.82) is 0 Å². The minimum atomic E-state index is -0.400. The number of allylic oxidation sites excluding steroid dienone is 3. The predicted octanol–water partition coefficient (Wildman–Crippen LogP) is 4.70. The number of ketones is 1. The molecule has 2 unspecified atom stereocenters. The highest BCUT2D eigenvalue weighted by atomic mass is 79.9. The molecule has 0 saturated carbocycles. The Hall–Kier alpha value is -2.73. The molecular formula is C23H22BrN3O2. The topological polar surface area (TPSA) is 71.1 Å². The number of amides is 1. The maximum atomic E-state index is 13.3. The highest BCUT2D eigenvalue weighted by Gasteiger charge is 2.39. The lowest BCUT2D eigenvalue weighted by atomic mass is 9.73. The standard InChI is InChI=1S/C23H22BrN3O2/c1-13-11-17-22(18(28)12-13)21(15-6-8-16(24)9-7-15)20(14(2)26-17)23(29)27-19-5-3-4-10-25-19/h3-10,13,21,26H,11-12H2,1-2H3,(H,25,27,29). The van der Waals surface area contributed by atoms with Crippen LogP contribution in [0, 0.1) is 5.92 Å². The van der Waals surface area contributed by atoms with Crippen LogP contribution in [0.4, 0.5) is 5.82 Å². The van der Waals surface area contributed by atoms with Gasteiger partial charge in [0, 0.05) is 45.5 Å². The summed E-state index contributed by atoms with van der Waals surface area (Å²) in [4.78, 5) is 30.5. The van der Waals surface area contributed by atoms with E-state index in [1.54, 1.807) is 18.3 Å². The molecule has 2 atom stereocenters. The van der Waals surface area contributed by atoms with Crippen LogP contribution >= 0.6 is 15.9 Å². The van der Waals surface area contributed by atoms with Gasteiger partial charge in [-0.15, -0.1) is 0 Å². The predicted molar refractivity (Wildman–Crippen MR) is 116 cm³/mol. The number of benzene rings is 1. The molecule has 1 aliphatic heterocycles. The van der Waals surface area contributed by atoms with Crippen LogP contribution in [0.25, 0.3) is 0 Å². The fourth-order valence-corrected chi connectivity index (χ4v) is 4.41. The fourth-order valence-electron chi connectivity index (χ4n) is 4.14. The third-order valence-electron chi connectivity index (χ3n) is 5.39. The Bertz CT molecular complexity index is 1030. The van der Waals surface area contributed by atoms with Gasteiger partial charge in [0.1, 0.15) is 5.82 Å². The molecule has 1 amide bonds. The zero-order valence-electron chi connectivity index (χ0n) is 16.3. The highest BCUT2D eigenvalue weighted by Crippen LogP contribution is 2.43. The number of pyridine rings is 1. The van der Waals surface area contributed by atoms with Crippen LogP contribution in [0.5, 0.6) is 0 Å². The third kappa shape index (κ3) is 3.90. The number of dihydropyridines is 1. The summed E-state index contributed by atoms with van der Waals surface area (Å²) in [6.07, 6.45) is 2.94. The van der Waals surface area contributed by atoms with Gasteiger partial charge >= 0.3 is 0 Å². The van der Waals surface area contributed by atoms with E-state index in [4.69, 9.17) is 0 Å². The van der Waals surface area contributed by atoms with E-state index < -0.39 is 5.92 Å². The van der Waals surface area contributed by atoms with Crippen molar-refractivity contribution >= 4 is 33.4 Å². The van der Waals surface area contributed by atoms with Crippen molar-refractivity contribution in [3.8, 4) is 0 Å². The number of nitrogens with one attached hydrogen (secondary N) is 2. The minimum absolute atomic E-state index is 0.106. The van der Waals surface area contributed by atoms with Gasteiger partial charge in [0.2, 0.25) is 0 Å². The van der Waals surface area contributed by atoms with Crippen molar-refractivity contribution in [3.05, 3.63) is 81.2 Å². The van der Waals surface area contributed by atoms with E-state index in [0.29, 0.717) is 23.4 Å². The molecule has 1 aliphatic carbocycles. The Morgan fingerprint density at radius 1 is 1.17 bits per heavy atom. The zero-order valence-corrected chi connectivity index (χ0v) is 17.9. The van der Waals surface area contributed by atoms with Crippen molar-refractivity contribution in [1.82, 2.24) is 10.3 Å². The zero-order chi connectivity index (χ0) is 20.5. The number of hydrogen-bond acceptors (Lipinski definition) is 4. The van der Waals surface area contributed by atoms with Crippen LogP contribution in [0.1, 0.15) is 38.2 Å². The Kier molecular flexibility index (Phi) is 5.37. The van der Waals surface area contributed by atoms with Gasteiger partial charge in [0.25, 0.3) is 5.91 Å². The molecule has 1 aromatic carbocycles. The van der Waals surface area contributed by atoms with E-state index in [0.717, 1.165) is 27.9 Å². The Balaban J connectivity index is 1.80. The molecule has 5 nitrogen and oxygen atoms in total. The van der Waals surface area contributed by atoms with Crippen molar-refractivity contribution in [2.75, 3.05) is 5.32 Å². The maximum absolute atomic E-state index is 13.3. The number of carbonyl (C=O) groups excluding carboxylic acids is 2. The van der Waals surface area contributed by atoms with Crippen molar-refractivity contribution in [3.63, 3.8) is 0 Å². The number of aromatic nitrogens is 1. The number of anilines is 1. The lowest BCUT2D eigenvalue weighted by molar-refractivity contribution is -0.117. The van der Waals surface area contributed by atoms with Gasteiger partial charge in [-0.2, -0.15) is 0 Å². The van der Waals surface area contributed by atoms with Crippen LogP contribution in [0.2, 0.25) is 0 Å². The van der Waals surface area contributed by atoms with E-state index in [9.17, 15) is 9.59 Å². The Morgan fingerprint density at radius 3 is 2.62 bits per heavy atom. The smallest absolute Gasteiger partial charge is 0.255 e. The number of Topliss-reactive ketones (excluding diaryl/α,β-unsaturated/α-hetero) is 1. The van der Waals surface area contributed by atoms with Gasteiger partial charge in [0.15, 0.2) is 5.78 Å². The summed E-state index contributed by atoms with van der Waals surface area (Å²) >= 11 is 3.47. The summed E-state index contributed by atoms with van der Waals surface area (Å²) in [5.41, 5.74) is 3.90. The second-order valence-corrected chi connectivity index (χ2v) is 8.56. The Morgan fingerprint density at radius 2 is 1.93 bits per heavy atom. The number of halogens is 1. The van der Waals surface area contributed by atoms with E-state index in [2.05, 4.69) is 38.5 Å². The van der Waals surface area contributed by atoms with Crippen LogP contribution in [0.15, 0.2) is 75.7 Å². The van der Waals surface area contributed by atoms with Crippen LogP contribution in [-0.4, -0.2) is 16.7 Å². The maximum Gasteiger partial charge on any atom is 0.255 e. The molecular weight excluding hydrogens is 430 g/mol. The van der Waals surface area contributed by atoms with Gasteiger partial charge in [-0.25, -0.2) is 4.98 Å². The molecule has 0 radical (unpaired) electrons. The van der Waals surface area contributed by atoms with Gasteiger partial charge in [0.05, 0.1) is 0 Å². The average Bonchev–Trinajstić information content (AvgIpc) is 2.68. The molecule has 0 fully saturated rings. The van der Waals surface area contributed by atoms with Gasteiger partial charge < -0.3 is 10.6 Å². The minimum Gasteiger partial charge on any atom is -0.362 e. The molecule has 0 bridgehead atoms. The molecule has 1 aromatic heterocycles. The first-order valence-corrected chi connectivity index (χ1v) is 10.4. The molecule has 0 spiro atoms. The van der Waals surface area contributed by atoms with Crippen molar-refractivity contribution in [2.45, 2.75) is 32.6 Å². The molecule has 29 heavy (non-hydrogen) atoms. The SMILES string of the molecule is CC1=C(C(=O)Nc2ccccn2)C(c2ccc(Br)cc2)C2=C(CC(C)CC2=O)N1. The molecule has 148 valence electrons. The first-order valence-electron chi connectivity index (χ1n) is 9.66. The van der Waals surface area contributed by atoms with Gasteiger partial charge in [-0.3, -0.25) is 9.59 Å². The van der Waals surface area contributed by atoms with E-state index in [1.807, 2.05) is 37.3 Å². The van der Waals surface area contributed by atoms with Crippen LogP contribution in [0.3, 0.4) is 0 Å². The quantitative estimate of drug-likeness (QED) is 0.709. The first-order chi connectivity index (χ1) is 13.9. The van der Waals surface area contributed by atoms with E-state index >= 15 is 0 Å². The number of rotatable bonds is 3. The number of nitrogens with zero attached hydrogens (tertiary/aromatic N) is 1. The normalized spacial score (nSPS) is 21.6. The fraction of sp³-hybridized carbons (Fsp3) is 0.261. The number of carbonyl (C=O) groups is 2. The van der Waals surface area contributed by atoms with Crippen LogP contribution in [-0.2, 0) is 9.59 Å². The largest absolute Gasteiger partial charge is 0.362 e. The van der Waals surface area contributed by atoms with Crippen LogP contribution < -0.4 is 10.6 Å². The summed E-state index contributed by atoms with van der Waals surface area (Å²) in [5.74, 6) is 0.226. The average molecular weight is 452 g/mol. The second kappa shape index (κ2) is 7.95. The lowest BCUT2D eigenvalue weighted by Gasteiger charge is -2.36. The summed E-state index contributed by atoms with van der Waals surface area (Å²) in [6, 6.07) is 13.2. The van der Waals surface area contributed by atoms with Crippen molar-refractivity contribution < 1.29 is 9.59 Å². The molecule has 0 saturated heterocycles. The second-order valence-electron chi connectivity index (χ2n) is 7.65. The highest BCUT2D eigenvalue weighted by molar-refractivity contribution is 9.10. The molecule has 2 heterocycles. The monoisotopic (exact) mass is 451 g/mol. The third-order valence-corrected chi connectivity index (χ3v) is 5.91. The summed E-state index contributed by atoms with van der Waals surface area (Å²) in [6.45, 7) is 3.98. The summed E-state index contributed by atoms with van der Waals surface area (Å²) in [5, 5.41) is 6.24. The van der Waals surface area contributed by atoms with Gasteiger partial charge in [-0.1, -0.05) is 41.1 Å². The lowest BCUT2D eigenvalue weighted by Crippen LogP contribution is -2.37. The molecule has 2 aromatic rings.